The molecule has 2 aromatic carbocycles. The number of rotatable bonds is 10. The molecule has 0 unspecified atom stereocenters. The van der Waals surface area contributed by atoms with E-state index < -0.39 is 36.2 Å². The van der Waals surface area contributed by atoms with Crippen molar-refractivity contribution in [2.75, 3.05) is 0 Å². The lowest BCUT2D eigenvalue weighted by Crippen LogP contribution is -2.19. The van der Waals surface area contributed by atoms with Gasteiger partial charge in [-0.15, -0.1) is 10.2 Å². The molecule has 8 nitrogen and oxygen atoms in total. The number of hydrogen-bond donors (Lipinski definition) is 3. The van der Waals surface area contributed by atoms with Crippen molar-refractivity contribution in [1.82, 2.24) is 20.2 Å². The van der Waals surface area contributed by atoms with Gasteiger partial charge in [-0.1, -0.05) is 36.4 Å². The lowest BCUT2D eigenvalue weighted by Gasteiger charge is -2.14. The highest BCUT2D eigenvalue weighted by molar-refractivity contribution is 6.00. The van der Waals surface area contributed by atoms with Crippen LogP contribution in [0.3, 0.4) is 0 Å². The van der Waals surface area contributed by atoms with E-state index in [1.54, 1.807) is 24.3 Å². The summed E-state index contributed by atoms with van der Waals surface area (Å²) >= 11 is 0. The van der Waals surface area contributed by atoms with Crippen LogP contribution in [0.15, 0.2) is 60.7 Å². The molecule has 0 aliphatic heterocycles. The molecule has 0 aliphatic carbocycles. The third-order valence-corrected chi connectivity index (χ3v) is 5.08. The van der Waals surface area contributed by atoms with Crippen molar-refractivity contribution in [2.45, 2.75) is 44.9 Å². The van der Waals surface area contributed by atoms with E-state index in [2.05, 4.69) is 15.4 Å². The first-order chi connectivity index (χ1) is 16.6. The summed E-state index contributed by atoms with van der Waals surface area (Å²) in [5.41, 5.74) is 2.10. The number of tetrazole rings is 1. The molecule has 3 rings (SSSR count). The van der Waals surface area contributed by atoms with Gasteiger partial charge >= 0.3 is 5.97 Å². The van der Waals surface area contributed by atoms with Gasteiger partial charge in [0, 0.05) is 17.6 Å². The molecule has 0 fully saturated rings. The largest absolute Gasteiger partial charge is 0.481 e. The Morgan fingerprint density at radius 2 is 1.54 bits per heavy atom. The summed E-state index contributed by atoms with van der Waals surface area (Å²) in [6.07, 6.45) is -0.222. The number of aliphatic hydroxyl groups is 2. The van der Waals surface area contributed by atoms with Crippen LogP contribution >= 0.6 is 0 Å². The van der Waals surface area contributed by atoms with Gasteiger partial charge < -0.3 is 15.3 Å². The molecule has 0 aliphatic rings. The van der Waals surface area contributed by atoms with Crippen LogP contribution in [-0.4, -0.2) is 53.7 Å². The highest BCUT2D eigenvalue weighted by Gasteiger charge is 2.19. The van der Waals surface area contributed by atoms with E-state index in [-0.39, 0.29) is 18.3 Å². The van der Waals surface area contributed by atoms with Crippen LogP contribution in [0.2, 0.25) is 0 Å². The zero-order chi connectivity index (χ0) is 25.5. The van der Waals surface area contributed by atoms with Crippen LogP contribution in [0.5, 0.6) is 0 Å². The number of carboxylic acids is 1. The van der Waals surface area contributed by atoms with Gasteiger partial charge in [-0.3, -0.25) is 4.79 Å². The number of carboxylic acid groups (broad SMARTS) is 1. The summed E-state index contributed by atoms with van der Waals surface area (Å²) < 4.78 is 27.3. The second-order valence-electron chi connectivity index (χ2n) is 8.24. The van der Waals surface area contributed by atoms with Gasteiger partial charge in [0.05, 0.1) is 24.7 Å². The van der Waals surface area contributed by atoms with Crippen molar-refractivity contribution >= 4 is 17.1 Å². The van der Waals surface area contributed by atoms with E-state index in [0.29, 0.717) is 22.3 Å². The molecule has 3 aromatic rings. The van der Waals surface area contributed by atoms with Crippen LogP contribution in [0, 0.1) is 11.6 Å². The Labute approximate surface area is 200 Å². The first-order valence-electron chi connectivity index (χ1n) is 11.0. The average molecular weight is 485 g/mol. The smallest absolute Gasteiger partial charge is 0.305 e. The SMILES string of the molecule is CC(C)n1nnc(C(/C=C/[C@@H](O)C[C@@H](O)CC(=O)O)=C(c2ccc(F)cc2)c2ccc(F)cc2)n1. The van der Waals surface area contributed by atoms with Crippen LogP contribution < -0.4 is 0 Å². The Morgan fingerprint density at radius 3 is 2.00 bits per heavy atom. The van der Waals surface area contributed by atoms with Gasteiger partial charge in [-0.05, 0) is 54.5 Å². The van der Waals surface area contributed by atoms with E-state index in [0.717, 1.165) is 0 Å². The number of hydrogen-bond acceptors (Lipinski definition) is 6. The number of halogens is 2. The van der Waals surface area contributed by atoms with Crippen LogP contribution in [0.4, 0.5) is 8.78 Å². The van der Waals surface area contributed by atoms with Crippen LogP contribution in [0.1, 0.15) is 49.7 Å². The first kappa shape index (κ1) is 25.9. The summed E-state index contributed by atoms with van der Waals surface area (Å²) in [5, 5.41) is 41.7. The summed E-state index contributed by atoms with van der Waals surface area (Å²) in [4.78, 5) is 12.2. The quantitative estimate of drug-likeness (QED) is 0.376. The van der Waals surface area contributed by atoms with Gasteiger partial charge in [0.15, 0.2) is 0 Å². The predicted molar refractivity (Wildman–Crippen MR) is 125 cm³/mol. The van der Waals surface area contributed by atoms with Gasteiger partial charge in [-0.25, -0.2) is 8.78 Å². The Balaban J connectivity index is 2.16. The summed E-state index contributed by atoms with van der Waals surface area (Å²) in [6, 6.07) is 11.3. The number of aromatic nitrogens is 4. The molecule has 35 heavy (non-hydrogen) atoms. The van der Waals surface area contributed by atoms with Crippen molar-refractivity contribution in [3.63, 3.8) is 0 Å². The molecule has 0 amide bonds. The van der Waals surface area contributed by atoms with E-state index in [1.807, 2.05) is 13.8 Å². The summed E-state index contributed by atoms with van der Waals surface area (Å²) in [6.45, 7) is 3.75. The second kappa shape index (κ2) is 11.6. The van der Waals surface area contributed by atoms with Crippen molar-refractivity contribution in [1.29, 1.82) is 0 Å². The first-order valence-corrected chi connectivity index (χ1v) is 11.0. The number of allylic oxidation sites excluding steroid dienone is 2. The molecule has 0 saturated heterocycles. The van der Waals surface area contributed by atoms with Crippen molar-refractivity contribution < 1.29 is 28.9 Å². The number of carbonyl (C=O) groups is 1. The molecule has 1 heterocycles. The van der Waals surface area contributed by atoms with Crippen LogP contribution in [0.25, 0.3) is 11.1 Å². The van der Waals surface area contributed by atoms with Crippen LogP contribution in [-0.2, 0) is 4.79 Å². The highest BCUT2D eigenvalue weighted by atomic mass is 19.1. The molecule has 10 heteroatoms. The Hall–Kier alpha value is -3.76. The molecule has 1 aromatic heterocycles. The highest BCUT2D eigenvalue weighted by Crippen LogP contribution is 2.32. The maximum atomic E-state index is 13.7. The van der Waals surface area contributed by atoms with E-state index >= 15 is 0 Å². The minimum absolute atomic E-state index is 0.0849. The molecule has 0 spiro atoms. The third-order valence-electron chi connectivity index (χ3n) is 5.08. The normalized spacial score (nSPS) is 13.2. The molecule has 184 valence electrons. The van der Waals surface area contributed by atoms with Gasteiger partial charge in [0.2, 0.25) is 5.82 Å². The fourth-order valence-corrected chi connectivity index (χ4v) is 3.38. The Bertz CT molecular complexity index is 1160. The zero-order valence-electron chi connectivity index (χ0n) is 19.2. The monoisotopic (exact) mass is 484 g/mol. The molecule has 0 saturated carbocycles. The minimum Gasteiger partial charge on any atom is -0.481 e. The maximum absolute atomic E-state index is 13.7. The number of aliphatic hydroxyl groups excluding tert-OH is 2. The lowest BCUT2D eigenvalue weighted by atomic mass is 9.92. The summed E-state index contributed by atoms with van der Waals surface area (Å²) in [7, 11) is 0. The van der Waals surface area contributed by atoms with Crippen molar-refractivity contribution in [3.8, 4) is 0 Å². The summed E-state index contributed by atoms with van der Waals surface area (Å²) in [5.74, 6) is -1.84. The van der Waals surface area contributed by atoms with Gasteiger partial charge in [-0.2, -0.15) is 4.80 Å². The number of aliphatic carboxylic acids is 1. The minimum atomic E-state index is -1.24. The maximum Gasteiger partial charge on any atom is 0.305 e. The zero-order valence-corrected chi connectivity index (χ0v) is 19.2. The molecular formula is C25H26F2N4O4. The number of nitrogens with zero attached hydrogens (tertiary/aromatic N) is 4. The Kier molecular flexibility index (Phi) is 8.56. The second-order valence-corrected chi connectivity index (χ2v) is 8.24. The van der Waals surface area contributed by atoms with E-state index in [1.165, 1.54) is 41.2 Å². The van der Waals surface area contributed by atoms with E-state index in [4.69, 9.17) is 5.11 Å². The molecule has 0 radical (unpaired) electrons. The third kappa shape index (κ3) is 7.11. The fraction of sp³-hybridized carbons (Fsp3) is 0.280. The molecular weight excluding hydrogens is 458 g/mol. The van der Waals surface area contributed by atoms with Crippen molar-refractivity contribution in [3.05, 3.63) is 89.3 Å². The molecule has 3 N–H and O–H groups in total. The molecule has 2 atom stereocenters. The average Bonchev–Trinajstić information content (AvgIpc) is 3.28. The predicted octanol–water partition coefficient (Wildman–Crippen LogP) is 3.63. The topological polar surface area (TPSA) is 121 Å². The van der Waals surface area contributed by atoms with Gasteiger partial charge in [0.25, 0.3) is 0 Å². The van der Waals surface area contributed by atoms with E-state index in [9.17, 15) is 23.8 Å². The fourth-order valence-electron chi connectivity index (χ4n) is 3.38. The van der Waals surface area contributed by atoms with Gasteiger partial charge in [0.1, 0.15) is 11.6 Å². The lowest BCUT2D eigenvalue weighted by molar-refractivity contribution is -0.139. The van der Waals surface area contributed by atoms with Crippen molar-refractivity contribution in [2.24, 2.45) is 0 Å². The standard InChI is InChI=1S/C25H26F2N4O4/c1-15(2)31-29-25(28-30-31)22(12-11-20(32)13-21(33)14-23(34)35)24(16-3-7-18(26)8-4-16)17-5-9-19(27)10-6-17/h3-12,15,20-21,32-33H,13-14H2,1-2H3,(H,34,35)/b12-11+/t20-,21-/m1/s1. The number of benzene rings is 2. The Morgan fingerprint density at radius 1 is 1.00 bits per heavy atom. The molecule has 0 bridgehead atoms.